The third-order valence-corrected chi connectivity index (χ3v) is 5.19. The predicted molar refractivity (Wildman–Crippen MR) is 103 cm³/mol. The molecule has 3 rings (SSSR count). The summed E-state index contributed by atoms with van der Waals surface area (Å²) in [6.07, 6.45) is 2.07. The van der Waals surface area contributed by atoms with Crippen molar-refractivity contribution in [1.29, 1.82) is 0 Å². The minimum atomic E-state index is -0.719. The molecule has 0 heterocycles. The molecule has 142 valence electrons. The molecule has 0 saturated heterocycles. The van der Waals surface area contributed by atoms with Crippen LogP contribution >= 0.6 is 0 Å². The fourth-order valence-electron chi connectivity index (χ4n) is 3.28. The van der Waals surface area contributed by atoms with Crippen LogP contribution in [-0.2, 0) is 10.2 Å². The lowest BCUT2D eigenvalue weighted by atomic mass is 9.95. The van der Waals surface area contributed by atoms with Crippen LogP contribution < -0.4 is 10.6 Å². The molecule has 1 fully saturated rings. The zero-order valence-corrected chi connectivity index (χ0v) is 15.7. The largest absolute Gasteiger partial charge is 0.353 e. The first-order valence-corrected chi connectivity index (χ1v) is 9.31. The Kier molecular flexibility index (Phi) is 5.59. The summed E-state index contributed by atoms with van der Waals surface area (Å²) < 4.78 is 13.8. The topological polar surface area (TPSA) is 58.2 Å². The molecule has 2 aromatic rings. The van der Waals surface area contributed by atoms with Gasteiger partial charge in [0.25, 0.3) is 5.91 Å². The van der Waals surface area contributed by atoms with E-state index in [2.05, 4.69) is 22.8 Å². The van der Waals surface area contributed by atoms with Gasteiger partial charge in [-0.25, -0.2) is 4.39 Å². The molecule has 2 amide bonds. The first kappa shape index (κ1) is 19.1. The Morgan fingerprint density at radius 2 is 1.67 bits per heavy atom. The molecule has 2 aromatic carbocycles. The van der Waals surface area contributed by atoms with Crippen molar-refractivity contribution < 1.29 is 14.0 Å². The summed E-state index contributed by atoms with van der Waals surface area (Å²) >= 11 is 0. The van der Waals surface area contributed by atoms with Gasteiger partial charge in [0, 0.05) is 12.0 Å². The van der Waals surface area contributed by atoms with Gasteiger partial charge in [0.2, 0.25) is 5.91 Å². The van der Waals surface area contributed by atoms with Crippen LogP contribution in [0.1, 0.15) is 42.6 Å². The van der Waals surface area contributed by atoms with E-state index in [1.165, 1.54) is 23.8 Å². The normalized spacial score (nSPS) is 15.9. The molecule has 1 aliphatic carbocycles. The highest BCUT2D eigenvalue weighted by molar-refractivity contribution is 5.97. The van der Waals surface area contributed by atoms with E-state index < -0.39 is 17.8 Å². The van der Waals surface area contributed by atoms with Crippen LogP contribution in [-0.4, -0.2) is 24.4 Å². The second-order valence-electron chi connectivity index (χ2n) is 7.54. The van der Waals surface area contributed by atoms with Gasteiger partial charge in [-0.3, -0.25) is 9.59 Å². The molecule has 1 saturated carbocycles. The molecule has 4 nitrogen and oxygen atoms in total. The van der Waals surface area contributed by atoms with E-state index in [9.17, 15) is 14.0 Å². The van der Waals surface area contributed by atoms with Crippen molar-refractivity contribution in [3.63, 3.8) is 0 Å². The highest BCUT2D eigenvalue weighted by Crippen LogP contribution is 2.47. The maximum absolute atomic E-state index is 13.8. The maximum atomic E-state index is 13.8. The van der Waals surface area contributed by atoms with Gasteiger partial charge in [-0.15, -0.1) is 0 Å². The summed E-state index contributed by atoms with van der Waals surface area (Å²) in [6, 6.07) is 15.2. The summed E-state index contributed by atoms with van der Waals surface area (Å²) in [5.74, 6) is -1.53. The van der Waals surface area contributed by atoms with Gasteiger partial charge in [0.1, 0.15) is 11.9 Å². The average Bonchev–Trinajstić information content (AvgIpc) is 3.46. The van der Waals surface area contributed by atoms with Crippen LogP contribution in [0.3, 0.4) is 0 Å². The summed E-state index contributed by atoms with van der Waals surface area (Å²) in [7, 11) is 0. The lowest BCUT2D eigenvalue weighted by Crippen LogP contribution is -2.51. The van der Waals surface area contributed by atoms with Gasteiger partial charge in [-0.05, 0) is 36.5 Å². The molecule has 1 atom stereocenters. The second kappa shape index (κ2) is 7.91. The number of nitrogens with one attached hydrogen (secondary N) is 2. The molecule has 27 heavy (non-hydrogen) atoms. The van der Waals surface area contributed by atoms with Crippen molar-refractivity contribution >= 4 is 11.8 Å². The number of hydrogen-bond donors (Lipinski definition) is 2. The summed E-state index contributed by atoms with van der Waals surface area (Å²) in [4.78, 5) is 25.1. The molecule has 0 bridgehead atoms. The van der Waals surface area contributed by atoms with Crippen LogP contribution in [0.5, 0.6) is 0 Å². The highest BCUT2D eigenvalue weighted by Gasteiger charge is 2.44. The molecule has 0 aliphatic heterocycles. The smallest absolute Gasteiger partial charge is 0.254 e. The Morgan fingerprint density at radius 1 is 1.04 bits per heavy atom. The molecule has 1 unspecified atom stereocenters. The van der Waals surface area contributed by atoms with E-state index in [4.69, 9.17) is 0 Å². The number of halogens is 1. The fraction of sp³-hybridized carbons (Fsp3) is 0.364. The lowest BCUT2D eigenvalue weighted by molar-refractivity contribution is -0.124. The third kappa shape index (κ3) is 4.35. The summed E-state index contributed by atoms with van der Waals surface area (Å²) in [5, 5.41) is 5.67. The molecular formula is C22H25FN2O2. The minimum absolute atomic E-state index is 0.00596. The van der Waals surface area contributed by atoms with Crippen molar-refractivity contribution in [3.05, 3.63) is 71.5 Å². The van der Waals surface area contributed by atoms with E-state index in [0.717, 1.165) is 12.8 Å². The van der Waals surface area contributed by atoms with Crippen molar-refractivity contribution in [2.45, 2.75) is 38.1 Å². The average molecular weight is 368 g/mol. The van der Waals surface area contributed by atoms with Gasteiger partial charge in [-0.1, -0.05) is 56.3 Å². The fourth-order valence-corrected chi connectivity index (χ4v) is 3.28. The van der Waals surface area contributed by atoms with E-state index in [1.807, 2.05) is 32.0 Å². The Morgan fingerprint density at radius 3 is 2.26 bits per heavy atom. The third-order valence-electron chi connectivity index (χ3n) is 5.19. The van der Waals surface area contributed by atoms with Crippen molar-refractivity contribution in [3.8, 4) is 0 Å². The first-order valence-electron chi connectivity index (χ1n) is 9.31. The van der Waals surface area contributed by atoms with Gasteiger partial charge >= 0.3 is 0 Å². The maximum Gasteiger partial charge on any atom is 0.254 e. The van der Waals surface area contributed by atoms with Gasteiger partial charge in [0.15, 0.2) is 0 Å². The van der Waals surface area contributed by atoms with Crippen molar-refractivity contribution in [2.75, 3.05) is 6.54 Å². The molecular weight excluding hydrogens is 343 g/mol. The van der Waals surface area contributed by atoms with E-state index >= 15 is 0 Å². The number of benzene rings is 2. The molecule has 2 N–H and O–H groups in total. The zero-order valence-electron chi connectivity index (χ0n) is 15.7. The summed E-state index contributed by atoms with van der Waals surface area (Å²) in [6.45, 7) is 4.25. The van der Waals surface area contributed by atoms with E-state index in [1.54, 1.807) is 6.07 Å². The number of rotatable bonds is 7. The Labute approximate surface area is 159 Å². The number of carbonyl (C=O) groups is 2. The van der Waals surface area contributed by atoms with Crippen LogP contribution in [0.15, 0.2) is 54.6 Å². The molecule has 5 heteroatoms. The quantitative estimate of drug-likeness (QED) is 0.787. The predicted octanol–water partition coefficient (Wildman–Crippen LogP) is 3.43. The summed E-state index contributed by atoms with van der Waals surface area (Å²) in [5.41, 5.74) is 1.16. The van der Waals surface area contributed by atoms with Crippen molar-refractivity contribution in [2.24, 2.45) is 5.92 Å². The standard InChI is InChI=1S/C22H25FN2O2/c1-15(2)19(25-20(26)17-10-6-7-11-18(17)23)21(27)24-14-22(12-13-22)16-8-4-3-5-9-16/h3-11,15,19H,12-14H2,1-2H3,(H,24,27)(H,25,26). The Bertz CT molecular complexity index is 816. The van der Waals surface area contributed by atoms with Gasteiger partial charge in [-0.2, -0.15) is 0 Å². The number of carbonyl (C=O) groups excluding carboxylic acids is 2. The first-order chi connectivity index (χ1) is 12.9. The van der Waals surface area contributed by atoms with E-state index in [0.29, 0.717) is 6.54 Å². The zero-order chi connectivity index (χ0) is 19.4. The van der Waals surface area contributed by atoms with Crippen LogP contribution in [0.25, 0.3) is 0 Å². The second-order valence-corrected chi connectivity index (χ2v) is 7.54. The Balaban J connectivity index is 1.64. The van der Waals surface area contributed by atoms with Crippen LogP contribution in [0, 0.1) is 11.7 Å². The van der Waals surface area contributed by atoms with Gasteiger partial charge in [0.05, 0.1) is 5.56 Å². The molecule has 1 aliphatic rings. The molecule has 0 spiro atoms. The van der Waals surface area contributed by atoms with E-state index in [-0.39, 0.29) is 22.8 Å². The van der Waals surface area contributed by atoms with Crippen molar-refractivity contribution in [1.82, 2.24) is 10.6 Å². The number of hydrogen-bond acceptors (Lipinski definition) is 2. The Hall–Kier alpha value is -2.69. The number of amides is 2. The SMILES string of the molecule is CC(C)C(NC(=O)c1ccccc1F)C(=O)NCC1(c2ccccc2)CC1. The lowest BCUT2D eigenvalue weighted by Gasteiger charge is -2.24. The monoisotopic (exact) mass is 368 g/mol. The van der Waals surface area contributed by atoms with Crippen LogP contribution in [0.2, 0.25) is 0 Å². The molecule has 0 radical (unpaired) electrons. The molecule has 0 aromatic heterocycles. The van der Waals surface area contributed by atoms with Crippen LogP contribution in [0.4, 0.5) is 4.39 Å². The highest BCUT2D eigenvalue weighted by atomic mass is 19.1. The minimum Gasteiger partial charge on any atom is -0.353 e. The van der Waals surface area contributed by atoms with Gasteiger partial charge < -0.3 is 10.6 Å².